The number of carbonyl (C=O) groups excluding carboxylic acids is 1. The van der Waals surface area contributed by atoms with Crippen molar-refractivity contribution in [2.24, 2.45) is 5.92 Å². The maximum atomic E-state index is 12.7. The molecule has 0 saturated heterocycles. The Morgan fingerprint density at radius 3 is 0.893 bits per heavy atom. The van der Waals surface area contributed by atoms with Crippen molar-refractivity contribution in [3.05, 3.63) is 24.3 Å². The number of hydrogen-bond acceptors (Lipinski definition) is 2. The van der Waals surface area contributed by atoms with Gasteiger partial charge < -0.3 is 4.74 Å². The average Bonchev–Trinajstić information content (AvgIpc) is 3.20. The maximum Gasteiger partial charge on any atom is 0.305 e. The molecule has 0 aromatic rings. The molecule has 1 atom stereocenters. The first-order valence-electron chi connectivity index (χ1n) is 26.2. The van der Waals surface area contributed by atoms with Gasteiger partial charge in [-0.25, -0.2) is 0 Å². The highest BCUT2D eigenvalue weighted by molar-refractivity contribution is 5.69. The summed E-state index contributed by atoms with van der Waals surface area (Å²) in [4.78, 5) is 12.7. The molecule has 1 unspecified atom stereocenters. The molecular formula is C54H104O2. The minimum atomic E-state index is 0.0541. The summed E-state index contributed by atoms with van der Waals surface area (Å²) in [5, 5.41) is 0. The molecule has 0 amide bonds. The van der Waals surface area contributed by atoms with Crippen molar-refractivity contribution in [2.75, 3.05) is 6.61 Å². The molecular weight excluding hydrogens is 681 g/mol. The summed E-state index contributed by atoms with van der Waals surface area (Å²) in [5.41, 5.74) is 0. The molecule has 56 heavy (non-hydrogen) atoms. The van der Waals surface area contributed by atoms with Gasteiger partial charge in [-0.05, 0) is 76.5 Å². The molecule has 0 bridgehead atoms. The molecule has 0 rings (SSSR count). The van der Waals surface area contributed by atoms with Crippen LogP contribution in [0.4, 0.5) is 0 Å². The Morgan fingerprint density at radius 1 is 0.339 bits per heavy atom. The van der Waals surface area contributed by atoms with E-state index >= 15 is 0 Å². The van der Waals surface area contributed by atoms with E-state index in [1.807, 2.05) is 0 Å². The molecule has 0 aliphatic heterocycles. The summed E-state index contributed by atoms with van der Waals surface area (Å²) < 4.78 is 5.92. The number of ether oxygens (including phenoxy) is 1. The van der Waals surface area contributed by atoms with Gasteiger partial charge in [0.25, 0.3) is 0 Å². The molecule has 0 spiro atoms. The SMILES string of the molecule is CCCCCCCCC=CCCCCCCCCC(CCCCCCC=CCCCCCCCC)COC(=O)CCCCCCCCCCCCCCCCC. The molecule has 0 radical (unpaired) electrons. The van der Waals surface area contributed by atoms with E-state index in [-0.39, 0.29) is 5.97 Å². The fraction of sp³-hybridized carbons (Fsp3) is 0.907. The van der Waals surface area contributed by atoms with E-state index in [0.29, 0.717) is 18.9 Å². The van der Waals surface area contributed by atoms with Gasteiger partial charge in [-0.15, -0.1) is 0 Å². The summed E-state index contributed by atoms with van der Waals surface area (Å²) in [5.74, 6) is 0.604. The smallest absolute Gasteiger partial charge is 0.305 e. The lowest BCUT2D eigenvalue weighted by Crippen LogP contribution is -2.14. The van der Waals surface area contributed by atoms with Crippen LogP contribution in [0.25, 0.3) is 0 Å². The van der Waals surface area contributed by atoms with Crippen LogP contribution in [0.3, 0.4) is 0 Å². The third-order valence-corrected chi connectivity index (χ3v) is 12.2. The number of esters is 1. The zero-order valence-corrected chi connectivity index (χ0v) is 39.0. The van der Waals surface area contributed by atoms with Crippen molar-refractivity contribution in [3.63, 3.8) is 0 Å². The van der Waals surface area contributed by atoms with E-state index in [2.05, 4.69) is 45.1 Å². The van der Waals surface area contributed by atoms with Crippen LogP contribution in [0, 0.1) is 5.92 Å². The monoisotopic (exact) mass is 785 g/mol. The van der Waals surface area contributed by atoms with Gasteiger partial charge in [-0.1, -0.05) is 251 Å². The fourth-order valence-electron chi connectivity index (χ4n) is 8.24. The van der Waals surface area contributed by atoms with E-state index in [9.17, 15) is 4.79 Å². The van der Waals surface area contributed by atoms with E-state index in [1.165, 1.54) is 270 Å². The molecule has 2 nitrogen and oxygen atoms in total. The predicted molar refractivity (Wildman–Crippen MR) is 253 cm³/mol. The third-order valence-electron chi connectivity index (χ3n) is 12.2. The summed E-state index contributed by atoms with van der Waals surface area (Å²) in [6, 6.07) is 0. The van der Waals surface area contributed by atoms with Gasteiger partial charge in [0, 0.05) is 6.42 Å². The number of unbranched alkanes of at least 4 members (excludes halogenated alkanes) is 36. The average molecular weight is 785 g/mol. The zero-order valence-electron chi connectivity index (χ0n) is 39.0. The maximum absolute atomic E-state index is 12.7. The molecule has 0 aliphatic carbocycles. The van der Waals surface area contributed by atoms with Gasteiger partial charge in [-0.3, -0.25) is 4.79 Å². The predicted octanol–water partition coefficient (Wildman–Crippen LogP) is 19.5. The lowest BCUT2D eigenvalue weighted by Gasteiger charge is -2.17. The van der Waals surface area contributed by atoms with E-state index in [1.54, 1.807) is 0 Å². The van der Waals surface area contributed by atoms with Crippen molar-refractivity contribution < 1.29 is 9.53 Å². The summed E-state index contributed by atoms with van der Waals surface area (Å²) >= 11 is 0. The van der Waals surface area contributed by atoms with Crippen molar-refractivity contribution in [2.45, 2.75) is 303 Å². The number of rotatable bonds is 48. The van der Waals surface area contributed by atoms with Gasteiger partial charge in [0.05, 0.1) is 6.61 Å². The van der Waals surface area contributed by atoms with Crippen molar-refractivity contribution in [1.82, 2.24) is 0 Å². The Labute approximate surface area is 354 Å². The minimum Gasteiger partial charge on any atom is -0.465 e. The van der Waals surface area contributed by atoms with Gasteiger partial charge in [0.15, 0.2) is 0 Å². The van der Waals surface area contributed by atoms with Crippen molar-refractivity contribution in [3.8, 4) is 0 Å². The van der Waals surface area contributed by atoms with Crippen LogP contribution in [0.2, 0.25) is 0 Å². The van der Waals surface area contributed by atoms with Crippen LogP contribution in [0.15, 0.2) is 24.3 Å². The Bertz CT molecular complexity index is 783. The second-order valence-corrected chi connectivity index (χ2v) is 18.0. The topological polar surface area (TPSA) is 26.3 Å². The minimum absolute atomic E-state index is 0.0541. The van der Waals surface area contributed by atoms with Crippen molar-refractivity contribution in [1.29, 1.82) is 0 Å². The van der Waals surface area contributed by atoms with Crippen LogP contribution >= 0.6 is 0 Å². The molecule has 0 aromatic heterocycles. The van der Waals surface area contributed by atoms with E-state index < -0.39 is 0 Å². The normalized spacial score (nSPS) is 12.4. The Kier molecular flexibility index (Phi) is 49.2. The molecule has 0 N–H and O–H groups in total. The first-order valence-corrected chi connectivity index (χ1v) is 26.2. The fourth-order valence-corrected chi connectivity index (χ4v) is 8.24. The molecule has 0 aromatic carbocycles. The second-order valence-electron chi connectivity index (χ2n) is 18.0. The zero-order chi connectivity index (χ0) is 40.5. The molecule has 0 aliphatic rings. The first-order chi connectivity index (χ1) is 27.7. The van der Waals surface area contributed by atoms with Crippen LogP contribution in [-0.4, -0.2) is 12.6 Å². The largest absolute Gasteiger partial charge is 0.465 e. The van der Waals surface area contributed by atoms with E-state index in [4.69, 9.17) is 4.74 Å². The Balaban J connectivity index is 4.12. The highest BCUT2D eigenvalue weighted by Gasteiger charge is 2.12. The van der Waals surface area contributed by atoms with Crippen molar-refractivity contribution >= 4 is 5.97 Å². The third kappa shape index (κ3) is 47.3. The van der Waals surface area contributed by atoms with Crippen LogP contribution in [-0.2, 0) is 9.53 Å². The Hall–Kier alpha value is -1.05. The Morgan fingerprint density at radius 2 is 0.589 bits per heavy atom. The van der Waals surface area contributed by atoms with Gasteiger partial charge in [0.1, 0.15) is 0 Å². The standard InChI is InChI=1S/C54H104O2/c1-4-7-10-13-16-19-22-25-28-30-32-35-38-41-44-47-50-53(49-46-43-40-37-34-31-27-24-21-18-15-12-9-6-3)52-56-54(55)51-48-45-42-39-36-33-29-26-23-20-17-14-11-8-5-2/h25,27-28,31,53H,4-24,26,29-30,32-52H2,1-3H3. The molecule has 2 heteroatoms. The summed E-state index contributed by atoms with van der Waals surface area (Å²) in [7, 11) is 0. The second kappa shape index (κ2) is 50.1. The van der Waals surface area contributed by atoms with Gasteiger partial charge in [0.2, 0.25) is 0 Å². The molecule has 0 heterocycles. The van der Waals surface area contributed by atoms with Gasteiger partial charge >= 0.3 is 5.97 Å². The highest BCUT2D eigenvalue weighted by Crippen LogP contribution is 2.21. The quantitative estimate of drug-likeness (QED) is 0.0349. The number of allylic oxidation sites excluding steroid dienone is 4. The first kappa shape index (κ1) is 55.0. The summed E-state index contributed by atoms with van der Waals surface area (Å²) in [6.07, 6.45) is 68.3. The van der Waals surface area contributed by atoms with Crippen LogP contribution in [0.5, 0.6) is 0 Å². The van der Waals surface area contributed by atoms with Crippen LogP contribution in [0.1, 0.15) is 303 Å². The molecule has 0 fully saturated rings. The van der Waals surface area contributed by atoms with Crippen LogP contribution < -0.4 is 0 Å². The molecule has 0 saturated carbocycles. The van der Waals surface area contributed by atoms with Gasteiger partial charge in [-0.2, -0.15) is 0 Å². The number of carbonyl (C=O) groups is 1. The summed E-state index contributed by atoms with van der Waals surface area (Å²) in [6.45, 7) is 7.54. The molecule has 332 valence electrons. The van der Waals surface area contributed by atoms with E-state index in [0.717, 1.165) is 6.42 Å². The number of hydrogen-bond donors (Lipinski definition) is 0. The lowest BCUT2D eigenvalue weighted by atomic mass is 9.94. The highest BCUT2D eigenvalue weighted by atomic mass is 16.5. The lowest BCUT2D eigenvalue weighted by molar-refractivity contribution is -0.145.